The molecule has 1 aromatic carbocycles. The Hall–Kier alpha value is -1.96. The number of nitrogens with zero attached hydrogens (tertiary/aromatic N) is 4. The Morgan fingerprint density at radius 1 is 1.12 bits per heavy atom. The van der Waals surface area contributed by atoms with Crippen molar-refractivity contribution in [2.75, 3.05) is 46.2 Å². The molecule has 0 aromatic heterocycles. The molecule has 134 valence electrons. The van der Waals surface area contributed by atoms with Crippen LogP contribution in [0.3, 0.4) is 0 Å². The zero-order valence-electron chi connectivity index (χ0n) is 14.9. The van der Waals surface area contributed by atoms with Crippen molar-refractivity contribution in [2.24, 2.45) is 10.5 Å². The number of carbonyl (C=O) groups is 1. The summed E-state index contributed by atoms with van der Waals surface area (Å²) in [5.41, 5.74) is 5.72. The predicted molar refractivity (Wildman–Crippen MR) is 95.0 cm³/mol. The Balaban J connectivity index is 1.69. The molecule has 0 atom stereocenters. The summed E-state index contributed by atoms with van der Waals surface area (Å²) in [6, 6.07) is 8.38. The average Bonchev–Trinajstić information content (AvgIpc) is 2.55. The molecule has 4 saturated heterocycles. The van der Waals surface area contributed by atoms with Crippen LogP contribution in [-0.4, -0.2) is 72.8 Å². The van der Waals surface area contributed by atoms with E-state index < -0.39 is 6.09 Å². The number of hydrogen-bond acceptors (Lipinski definition) is 6. The molecule has 7 heteroatoms. The summed E-state index contributed by atoms with van der Waals surface area (Å²) < 4.78 is 4.98. The second-order valence-corrected chi connectivity index (χ2v) is 7.35. The van der Waals surface area contributed by atoms with E-state index >= 15 is 0 Å². The Morgan fingerprint density at radius 3 is 2.20 bits per heavy atom. The third-order valence-electron chi connectivity index (χ3n) is 5.14. The van der Waals surface area contributed by atoms with Crippen molar-refractivity contribution in [2.45, 2.75) is 13.8 Å². The molecule has 1 N–H and O–H groups in total. The minimum atomic E-state index is -0.502. The van der Waals surface area contributed by atoms with Gasteiger partial charge in [-0.25, -0.2) is 10.2 Å². The molecule has 4 fully saturated rings. The van der Waals surface area contributed by atoms with E-state index in [4.69, 9.17) is 4.74 Å². The third-order valence-corrected chi connectivity index (χ3v) is 5.14. The molecule has 0 spiro atoms. The lowest BCUT2D eigenvalue weighted by molar-refractivity contribution is -0.149. The maximum atomic E-state index is 11.8. The second kappa shape index (κ2) is 6.40. The highest BCUT2D eigenvalue weighted by molar-refractivity contribution is 6.06. The number of amides is 1. The van der Waals surface area contributed by atoms with Crippen LogP contribution in [0, 0.1) is 12.3 Å². The SMILES string of the molecule is CCOC(=O)N/N=C(/c1ccc(C)cc1)C12CN3CN(CN(C3)C1)C2. The van der Waals surface area contributed by atoms with Gasteiger partial charge in [0.1, 0.15) is 0 Å². The first kappa shape index (κ1) is 16.5. The van der Waals surface area contributed by atoms with Gasteiger partial charge in [0.2, 0.25) is 0 Å². The first-order chi connectivity index (χ1) is 12.1. The van der Waals surface area contributed by atoms with Crippen LogP contribution in [-0.2, 0) is 4.74 Å². The largest absolute Gasteiger partial charge is 0.449 e. The van der Waals surface area contributed by atoms with Gasteiger partial charge in [0.25, 0.3) is 0 Å². The maximum Gasteiger partial charge on any atom is 0.427 e. The van der Waals surface area contributed by atoms with Crippen LogP contribution in [0.15, 0.2) is 29.4 Å². The number of hydrogen-bond donors (Lipinski definition) is 1. The van der Waals surface area contributed by atoms with Crippen molar-refractivity contribution in [1.29, 1.82) is 0 Å². The van der Waals surface area contributed by atoms with Gasteiger partial charge >= 0.3 is 6.09 Å². The first-order valence-corrected chi connectivity index (χ1v) is 8.83. The maximum absolute atomic E-state index is 11.8. The molecule has 0 radical (unpaired) electrons. The smallest absolute Gasteiger partial charge is 0.427 e. The van der Waals surface area contributed by atoms with Gasteiger partial charge in [-0.1, -0.05) is 29.8 Å². The van der Waals surface area contributed by atoms with Gasteiger partial charge in [-0.15, -0.1) is 0 Å². The Morgan fingerprint density at radius 2 is 1.68 bits per heavy atom. The lowest BCUT2D eigenvalue weighted by atomic mass is 9.74. The summed E-state index contributed by atoms with van der Waals surface area (Å²) in [5.74, 6) is 0. The van der Waals surface area contributed by atoms with Gasteiger partial charge in [-0.05, 0) is 19.4 Å². The fourth-order valence-electron chi connectivity index (χ4n) is 4.41. The van der Waals surface area contributed by atoms with E-state index in [-0.39, 0.29) is 5.41 Å². The molecule has 4 aliphatic rings. The minimum absolute atomic E-state index is 0.0937. The Labute approximate surface area is 148 Å². The summed E-state index contributed by atoms with van der Waals surface area (Å²) in [6.07, 6.45) is -0.502. The highest BCUT2D eigenvalue weighted by Gasteiger charge is 2.51. The van der Waals surface area contributed by atoms with Crippen LogP contribution in [0.4, 0.5) is 4.79 Å². The van der Waals surface area contributed by atoms with E-state index in [1.54, 1.807) is 6.92 Å². The number of hydrazone groups is 1. The van der Waals surface area contributed by atoms with Gasteiger partial charge in [0, 0.05) is 19.6 Å². The molecule has 7 nitrogen and oxygen atoms in total. The van der Waals surface area contributed by atoms with E-state index in [0.29, 0.717) is 6.61 Å². The number of carbonyl (C=O) groups excluding carboxylic acids is 1. The lowest BCUT2D eigenvalue weighted by Gasteiger charge is -2.60. The van der Waals surface area contributed by atoms with Gasteiger partial charge in [-0.3, -0.25) is 14.7 Å². The highest BCUT2D eigenvalue weighted by atomic mass is 16.5. The average molecular weight is 343 g/mol. The zero-order chi connectivity index (χ0) is 17.4. The van der Waals surface area contributed by atoms with Crippen molar-refractivity contribution in [1.82, 2.24) is 20.1 Å². The normalized spacial score (nSPS) is 33.4. The summed E-state index contributed by atoms with van der Waals surface area (Å²) in [7, 11) is 0. The van der Waals surface area contributed by atoms with Crippen molar-refractivity contribution < 1.29 is 9.53 Å². The van der Waals surface area contributed by atoms with Gasteiger partial charge in [0.05, 0.1) is 37.7 Å². The predicted octanol–water partition coefficient (Wildman–Crippen LogP) is 1.25. The molecule has 5 rings (SSSR count). The monoisotopic (exact) mass is 343 g/mol. The lowest BCUT2D eigenvalue weighted by Crippen LogP contribution is -2.74. The molecular formula is C18H25N5O2. The molecule has 4 heterocycles. The van der Waals surface area contributed by atoms with Crippen LogP contribution in [0.5, 0.6) is 0 Å². The zero-order valence-corrected chi connectivity index (χ0v) is 14.9. The van der Waals surface area contributed by atoms with Crippen LogP contribution in [0.25, 0.3) is 0 Å². The minimum Gasteiger partial charge on any atom is -0.449 e. The number of nitrogens with one attached hydrogen (secondary N) is 1. The van der Waals surface area contributed by atoms with Gasteiger partial charge < -0.3 is 4.74 Å². The fourth-order valence-corrected chi connectivity index (χ4v) is 4.41. The van der Waals surface area contributed by atoms with Gasteiger partial charge in [-0.2, -0.15) is 5.10 Å². The summed E-state index contributed by atoms with van der Waals surface area (Å²) in [6.45, 7) is 10.2. The molecule has 0 aliphatic carbocycles. The standard InChI is InChI=1S/C18H25N5O2/c1-3-25-17(24)20-19-16(15-6-4-14(2)5-7-15)18-8-21-11-22(9-18)13-23(10-18)12-21/h4-7H,3,8-13H2,1-2H3,(H,20,24)/b19-16-. The molecule has 0 saturated carbocycles. The van der Waals surface area contributed by atoms with Crippen molar-refractivity contribution >= 4 is 11.8 Å². The second-order valence-electron chi connectivity index (χ2n) is 7.35. The van der Waals surface area contributed by atoms with Crippen LogP contribution in [0.1, 0.15) is 18.1 Å². The van der Waals surface area contributed by atoms with E-state index in [1.807, 2.05) is 0 Å². The molecule has 1 amide bonds. The fraction of sp³-hybridized carbons (Fsp3) is 0.556. The Kier molecular flexibility index (Phi) is 4.23. The van der Waals surface area contributed by atoms with Crippen LogP contribution in [0.2, 0.25) is 0 Å². The number of aryl methyl sites for hydroxylation is 1. The van der Waals surface area contributed by atoms with Crippen molar-refractivity contribution in [3.8, 4) is 0 Å². The molecule has 1 aromatic rings. The number of benzene rings is 1. The van der Waals surface area contributed by atoms with Crippen LogP contribution >= 0.6 is 0 Å². The van der Waals surface area contributed by atoms with Crippen molar-refractivity contribution in [3.63, 3.8) is 0 Å². The molecule has 25 heavy (non-hydrogen) atoms. The van der Waals surface area contributed by atoms with E-state index in [1.165, 1.54) is 5.56 Å². The molecule has 0 unspecified atom stereocenters. The summed E-state index contributed by atoms with van der Waals surface area (Å²) in [5, 5.41) is 4.54. The molecular weight excluding hydrogens is 318 g/mol. The van der Waals surface area contributed by atoms with E-state index in [0.717, 1.165) is 50.9 Å². The summed E-state index contributed by atoms with van der Waals surface area (Å²) >= 11 is 0. The number of ether oxygens (including phenoxy) is 1. The molecule has 4 aliphatic heterocycles. The van der Waals surface area contributed by atoms with E-state index in [9.17, 15) is 4.79 Å². The molecule has 4 bridgehead atoms. The summed E-state index contributed by atoms with van der Waals surface area (Å²) in [4.78, 5) is 19.1. The topological polar surface area (TPSA) is 60.4 Å². The Bertz CT molecular complexity index is 650. The number of rotatable bonds is 4. The third kappa shape index (κ3) is 3.15. The van der Waals surface area contributed by atoms with Gasteiger partial charge in [0.15, 0.2) is 0 Å². The first-order valence-electron chi connectivity index (χ1n) is 8.83. The van der Waals surface area contributed by atoms with E-state index in [2.05, 4.69) is 56.4 Å². The highest BCUT2D eigenvalue weighted by Crippen LogP contribution is 2.38. The van der Waals surface area contributed by atoms with Crippen molar-refractivity contribution in [3.05, 3.63) is 35.4 Å². The quantitative estimate of drug-likeness (QED) is 0.659. The van der Waals surface area contributed by atoms with Crippen LogP contribution < -0.4 is 5.43 Å².